The van der Waals surface area contributed by atoms with Crippen molar-refractivity contribution in [2.24, 2.45) is 35.5 Å². The predicted octanol–water partition coefficient (Wildman–Crippen LogP) is 5.49. The molecule has 0 radical (unpaired) electrons. The number of Topliss-reactive ketones (excluding diaryl/α,β-unsaturated/α-hetero) is 3. The van der Waals surface area contributed by atoms with Crippen molar-refractivity contribution in [3.63, 3.8) is 0 Å². The van der Waals surface area contributed by atoms with E-state index in [1.54, 1.807) is 40.9 Å². The Morgan fingerprint density at radius 3 is 2.25 bits per heavy atom. The van der Waals surface area contributed by atoms with Gasteiger partial charge in [-0.15, -0.1) is 0 Å². The number of nitrogens with zero attached hydrogens (tertiary/aromatic N) is 2. The Bertz CT molecular complexity index is 2280. The van der Waals surface area contributed by atoms with E-state index in [4.69, 9.17) is 33.2 Å². The Hall–Kier alpha value is -4.19. The van der Waals surface area contributed by atoms with Crippen LogP contribution in [0.2, 0.25) is 0 Å². The maximum Gasteiger partial charge on any atom is 0.422 e. The molecule has 0 spiro atoms. The summed E-state index contributed by atoms with van der Waals surface area (Å²) < 4.78 is 69.3. The third-order valence-electron chi connectivity index (χ3n) is 16.2. The summed E-state index contributed by atoms with van der Waals surface area (Å²) in [5.74, 6) is -8.86. The van der Waals surface area contributed by atoms with Crippen molar-refractivity contribution in [2.45, 2.75) is 180 Å². The maximum absolute atomic E-state index is 14.6. The van der Waals surface area contributed by atoms with Crippen molar-refractivity contribution in [3.05, 3.63) is 47.6 Å². The van der Waals surface area contributed by atoms with Crippen molar-refractivity contribution in [3.8, 4) is 0 Å². The van der Waals surface area contributed by atoms with E-state index in [1.165, 1.54) is 14.2 Å². The molecule has 3 saturated heterocycles. The fourth-order valence-electron chi connectivity index (χ4n) is 11.4. The van der Waals surface area contributed by atoms with Crippen molar-refractivity contribution >= 4 is 45.5 Å². The summed E-state index contributed by atoms with van der Waals surface area (Å²) in [7, 11) is 0.209. The van der Waals surface area contributed by atoms with E-state index in [0.29, 0.717) is 63.4 Å². The van der Waals surface area contributed by atoms with Crippen LogP contribution in [0.5, 0.6) is 0 Å². The number of ether oxygens (including phenoxy) is 7. The fraction of sp³-hybridized carbons (Fsp3) is 0.750. The van der Waals surface area contributed by atoms with E-state index >= 15 is 0 Å². The zero-order chi connectivity index (χ0) is 56.8. The molecule has 20 nitrogen and oxygen atoms in total. The molecule has 21 heteroatoms. The molecule has 3 N–H and O–H groups in total. The van der Waals surface area contributed by atoms with Crippen LogP contribution in [0.1, 0.15) is 126 Å². The SMILES string of the molecule is CO[C@H]1C[C@@H]2CC[C@@H](C)[C@@](O)(O2)C(=O)C(=O)N2CCCC[C@H]2C(=O)O[C@H]([C@H](C)C[C@@H]2CC[C@@H](OC(=O)NS(=O)(=O)N3CCOCC3)[C@H](OC)C2)CC(=O)[C@H](C)/C=C(\C)[C@@H](O)[C@@H](OC)C(=O)[C@H](C)C[C@H](C)/C=C/C=CC=C1C. The molecule has 1 aliphatic carbocycles. The molecule has 434 valence electrons. The first-order valence-corrected chi connectivity index (χ1v) is 28.9. The molecule has 0 unspecified atom stereocenters. The van der Waals surface area contributed by atoms with Gasteiger partial charge >= 0.3 is 22.3 Å². The Kier molecular flexibility index (Phi) is 24.2. The normalized spacial score (nSPS) is 36.4. The fourth-order valence-corrected chi connectivity index (χ4v) is 12.4. The quantitative estimate of drug-likeness (QED) is 0.146. The lowest BCUT2D eigenvalue weighted by Crippen LogP contribution is -2.61. The van der Waals surface area contributed by atoms with Gasteiger partial charge in [-0.05, 0) is 107 Å². The van der Waals surface area contributed by atoms with Crippen LogP contribution in [-0.2, 0) is 67.3 Å². The zero-order valence-electron chi connectivity index (χ0n) is 46.9. The van der Waals surface area contributed by atoms with Crippen molar-refractivity contribution in [1.82, 2.24) is 13.9 Å². The molecule has 4 aliphatic heterocycles. The van der Waals surface area contributed by atoms with E-state index in [-0.39, 0.29) is 75.5 Å². The van der Waals surface area contributed by atoms with Crippen LogP contribution in [0.3, 0.4) is 0 Å². The van der Waals surface area contributed by atoms with Gasteiger partial charge in [0.25, 0.3) is 11.7 Å². The summed E-state index contributed by atoms with van der Waals surface area (Å²) in [6, 6.07) is -1.22. The lowest BCUT2D eigenvalue weighted by atomic mass is 9.78. The molecule has 4 fully saturated rings. The number of aliphatic hydroxyl groups is 2. The average Bonchev–Trinajstić information content (AvgIpc) is 3.42. The van der Waals surface area contributed by atoms with Gasteiger partial charge in [0.15, 0.2) is 5.78 Å². The number of aliphatic hydroxyl groups excluding tert-OH is 1. The maximum atomic E-state index is 14.6. The van der Waals surface area contributed by atoms with Gasteiger partial charge in [0.2, 0.25) is 5.79 Å². The van der Waals surface area contributed by atoms with Crippen LogP contribution < -0.4 is 4.72 Å². The lowest BCUT2D eigenvalue weighted by molar-refractivity contribution is -0.265. The number of ketones is 3. The van der Waals surface area contributed by atoms with Gasteiger partial charge < -0.3 is 48.3 Å². The second-order valence-electron chi connectivity index (χ2n) is 22.1. The number of fused-ring (bicyclic) bond motifs is 3. The van der Waals surface area contributed by atoms with Gasteiger partial charge in [0, 0.05) is 71.6 Å². The average molecular weight is 1110 g/mol. The third kappa shape index (κ3) is 17.2. The molecule has 2 bridgehead atoms. The molecule has 5 rings (SSSR count). The highest BCUT2D eigenvalue weighted by atomic mass is 32.2. The van der Waals surface area contributed by atoms with Gasteiger partial charge in [-0.3, -0.25) is 19.2 Å². The molecule has 15 atom stereocenters. The summed E-state index contributed by atoms with van der Waals surface area (Å²) in [5, 5.41) is 23.6. The Morgan fingerprint density at radius 1 is 0.857 bits per heavy atom. The number of carbonyl (C=O) groups excluding carboxylic acids is 6. The van der Waals surface area contributed by atoms with Crippen LogP contribution in [0.25, 0.3) is 0 Å². The van der Waals surface area contributed by atoms with Gasteiger partial charge in [0.05, 0.1) is 31.5 Å². The number of piperidine rings is 1. The van der Waals surface area contributed by atoms with Crippen molar-refractivity contribution < 1.29 is 80.6 Å². The number of carbonyl (C=O) groups is 6. The number of cyclic esters (lactones) is 1. The van der Waals surface area contributed by atoms with Gasteiger partial charge in [-0.1, -0.05) is 71.1 Å². The predicted molar refractivity (Wildman–Crippen MR) is 284 cm³/mol. The highest BCUT2D eigenvalue weighted by Crippen LogP contribution is 2.38. The summed E-state index contributed by atoms with van der Waals surface area (Å²) >= 11 is 0. The highest BCUT2D eigenvalue weighted by molar-refractivity contribution is 7.87. The second-order valence-corrected chi connectivity index (χ2v) is 23.8. The minimum absolute atomic E-state index is 0.0162. The third-order valence-corrected chi connectivity index (χ3v) is 17.7. The number of morpholine rings is 1. The molecule has 0 aromatic rings. The van der Waals surface area contributed by atoms with Crippen LogP contribution in [0.15, 0.2) is 47.6 Å². The molecule has 4 heterocycles. The van der Waals surface area contributed by atoms with Crippen LogP contribution in [-0.4, -0.2) is 172 Å². The first-order chi connectivity index (χ1) is 36.4. The number of methoxy groups -OCH3 is 3. The van der Waals surface area contributed by atoms with Crippen molar-refractivity contribution in [2.75, 3.05) is 54.2 Å². The summed E-state index contributed by atoms with van der Waals surface area (Å²) in [4.78, 5) is 85.5. The Morgan fingerprint density at radius 2 is 1.57 bits per heavy atom. The largest absolute Gasteiger partial charge is 0.460 e. The van der Waals surface area contributed by atoms with Crippen LogP contribution >= 0.6 is 0 Å². The van der Waals surface area contributed by atoms with Crippen molar-refractivity contribution in [1.29, 1.82) is 0 Å². The Balaban J connectivity index is 1.42. The van der Waals surface area contributed by atoms with E-state index in [1.807, 2.05) is 55.9 Å². The number of esters is 1. The summed E-state index contributed by atoms with van der Waals surface area (Å²) in [6.07, 6.45) is 7.91. The number of rotatable bonds is 9. The Labute approximate surface area is 455 Å². The van der Waals surface area contributed by atoms with E-state index in [9.17, 15) is 47.4 Å². The molecule has 5 aliphatic rings. The topological polar surface area (TPSA) is 260 Å². The molecule has 2 amide bonds. The number of allylic oxidation sites excluding steroid dienone is 6. The first-order valence-electron chi connectivity index (χ1n) is 27.5. The zero-order valence-corrected chi connectivity index (χ0v) is 47.7. The second kappa shape index (κ2) is 29.3. The molecular formula is C56H87N3O17S. The smallest absolute Gasteiger partial charge is 0.422 e. The minimum atomic E-state index is -4.17. The number of nitrogens with one attached hydrogen (secondary N) is 1. The number of amides is 2. The van der Waals surface area contributed by atoms with E-state index < -0.39 is 112 Å². The summed E-state index contributed by atoms with van der Waals surface area (Å²) in [6.45, 7) is 13.0. The summed E-state index contributed by atoms with van der Waals surface area (Å²) in [5.41, 5.74) is 1.19. The number of hydrogen-bond donors (Lipinski definition) is 3. The molecule has 0 aromatic carbocycles. The van der Waals surface area contributed by atoms with E-state index in [2.05, 4.69) is 0 Å². The van der Waals surface area contributed by atoms with Gasteiger partial charge in [-0.2, -0.15) is 12.7 Å². The molecule has 0 aromatic heterocycles. The molecule has 77 heavy (non-hydrogen) atoms. The lowest BCUT2D eigenvalue weighted by Gasteiger charge is -2.42. The first kappa shape index (κ1) is 63.6. The van der Waals surface area contributed by atoms with Gasteiger partial charge in [-0.25, -0.2) is 14.3 Å². The van der Waals surface area contributed by atoms with Crippen LogP contribution in [0.4, 0.5) is 4.79 Å². The monoisotopic (exact) mass is 1110 g/mol. The minimum Gasteiger partial charge on any atom is -0.460 e. The molecular weight excluding hydrogens is 1020 g/mol. The molecule has 1 saturated carbocycles. The van der Waals surface area contributed by atoms with Crippen LogP contribution in [0, 0.1) is 35.5 Å². The standard InChI is InChI=1S/C56H87N3O17S/c1-34-16-12-11-13-17-35(2)46(70-8)32-42-21-19-40(7)56(67,76-42)52(63)53(64)59-23-15-14-18-43(59)54(65)74-47(33-44(60)36(3)29-39(6)50(62)51(72-10)49(61)38(5)28-34)37(4)30-41-20-22-45(48(31-41)71-9)75-55(66)57-77(68,69)58-24-26-73-27-25-58/h11-13,16-17,29,34,36-38,40-43,45-48,50-51,62,67H,14-15,18-28,30-33H2,1-10H3,(H,57,66)/b13-11?,16-12+,35-17?,39-29+/t34-,36-,37-,38-,40-,41+,42+,43+,45-,46+,47+,48-,50-,51+,56-/m1/s1. The highest BCUT2D eigenvalue weighted by Gasteiger charge is 2.53. The van der Waals surface area contributed by atoms with E-state index in [0.717, 1.165) is 14.8 Å². The van der Waals surface area contributed by atoms with Gasteiger partial charge in [0.1, 0.15) is 36.2 Å². The number of hydrogen-bond acceptors (Lipinski definition) is 17.